The van der Waals surface area contributed by atoms with E-state index in [0.29, 0.717) is 51.8 Å². The van der Waals surface area contributed by atoms with Crippen LogP contribution in [0.4, 0.5) is 0 Å². The van der Waals surface area contributed by atoms with Gasteiger partial charge in [0.2, 0.25) is 0 Å². The van der Waals surface area contributed by atoms with Gasteiger partial charge in [-0.2, -0.15) is 0 Å². The Morgan fingerprint density at radius 2 is 0.561 bits per heavy atom. The molecule has 2 N–H and O–H groups in total. The molecule has 0 aliphatic carbocycles. The van der Waals surface area contributed by atoms with Gasteiger partial charge in [-0.25, -0.2) is 15.0 Å². The zero-order chi connectivity index (χ0) is 44.2. The van der Waals surface area contributed by atoms with E-state index in [1.165, 1.54) is 0 Å². The SMILES string of the molecule is c1ccc(OP2(Oc3ccccc3)=NP(Oc3ccccc3)(Oc3ccccc3)=NP(Oc3ccccc3)(Oc3cc(-c4nc5ccccc5[nH]4)nc(-c4nc5ccccc5[nH]4)c3)=N2)cc1. The van der Waals surface area contributed by atoms with Crippen LogP contribution < -0.4 is 27.1 Å². The maximum atomic E-state index is 7.29. The molecule has 0 radical (unpaired) electrons. The summed E-state index contributed by atoms with van der Waals surface area (Å²) in [6.07, 6.45) is 0. The summed E-state index contributed by atoms with van der Waals surface area (Å²) in [5.41, 5.74) is 4.08. The van der Waals surface area contributed by atoms with Crippen molar-refractivity contribution < 1.29 is 27.1 Å². The van der Waals surface area contributed by atoms with Crippen LogP contribution in [0, 0.1) is 0 Å². The largest absolute Gasteiger partial charge is 0.460 e. The number of nitrogens with one attached hydrogen (secondary N) is 2. The van der Waals surface area contributed by atoms with Crippen LogP contribution in [0.25, 0.3) is 45.1 Å². The molecular formula is C49H37N8O6P3. The minimum atomic E-state index is -4.24. The smallest absolute Gasteiger partial charge is 0.413 e. The first-order valence-electron chi connectivity index (χ1n) is 20.7. The van der Waals surface area contributed by atoms with Crippen LogP contribution in [0.5, 0.6) is 34.5 Å². The van der Waals surface area contributed by atoms with Crippen molar-refractivity contribution in [3.05, 3.63) is 212 Å². The second-order valence-electron chi connectivity index (χ2n) is 14.6. The quantitative estimate of drug-likeness (QED) is 0.101. The van der Waals surface area contributed by atoms with Gasteiger partial charge in [0.1, 0.15) is 45.9 Å². The number of nitrogens with zero attached hydrogens (tertiary/aromatic N) is 6. The number of aromatic amines is 2. The van der Waals surface area contributed by atoms with Gasteiger partial charge in [-0.1, -0.05) is 129 Å². The highest BCUT2D eigenvalue weighted by molar-refractivity contribution is 7.79. The zero-order valence-corrected chi connectivity index (χ0v) is 37.4. The maximum Gasteiger partial charge on any atom is 0.460 e. The molecule has 4 heterocycles. The predicted octanol–water partition coefficient (Wildman–Crippen LogP) is 14.8. The lowest BCUT2D eigenvalue weighted by molar-refractivity contribution is 0.443. The number of hydrogen-bond donors (Lipinski definition) is 2. The average molecular weight is 927 g/mol. The molecule has 11 rings (SSSR count). The molecule has 17 heteroatoms. The monoisotopic (exact) mass is 926 g/mol. The molecule has 324 valence electrons. The summed E-state index contributed by atoms with van der Waals surface area (Å²) < 4.78 is 58.2. The molecule has 0 fully saturated rings. The van der Waals surface area contributed by atoms with E-state index < -0.39 is 23.0 Å². The number of pyridine rings is 1. The molecule has 66 heavy (non-hydrogen) atoms. The van der Waals surface area contributed by atoms with E-state index in [4.69, 9.17) is 55.6 Å². The summed E-state index contributed by atoms with van der Waals surface area (Å²) >= 11 is 0. The van der Waals surface area contributed by atoms with E-state index in [2.05, 4.69) is 9.97 Å². The number of para-hydroxylation sites is 9. The highest BCUT2D eigenvalue weighted by Gasteiger charge is 2.49. The van der Waals surface area contributed by atoms with E-state index in [-0.39, 0.29) is 5.75 Å². The number of fused-ring (bicyclic) bond motifs is 2. The van der Waals surface area contributed by atoms with E-state index in [0.717, 1.165) is 22.1 Å². The van der Waals surface area contributed by atoms with Crippen LogP contribution in [-0.2, 0) is 0 Å². The Morgan fingerprint density at radius 3 is 0.864 bits per heavy atom. The molecule has 0 bridgehead atoms. The van der Waals surface area contributed by atoms with E-state index in [9.17, 15) is 0 Å². The fourth-order valence-electron chi connectivity index (χ4n) is 6.94. The molecule has 0 saturated carbocycles. The summed E-state index contributed by atoms with van der Waals surface area (Å²) in [6, 6.07) is 64.9. The van der Waals surface area contributed by atoms with Crippen molar-refractivity contribution in [3.63, 3.8) is 0 Å². The predicted molar refractivity (Wildman–Crippen MR) is 258 cm³/mol. The minimum absolute atomic E-state index is 0.254. The van der Waals surface area contributed by atoms with E-state index in [1.54, 1.807) is 72.8 Å². The molecule has 1 aliphatic rings. The van der Waals surface area contributed by atoms with Gasteiger partial charge in [0.15, 0.2) is 11.6 Å². The van der Waals surface area contributed by atoms with Crippen molar-refractivity contribution in [2.75, 3.05) is 0 Å². The van der Waals surface area contributed by atoms with Crippen molar-refractivity contribution in [3.8, 4) is 57.5 Å². The Hall–Kier alpha value is -7.88. The molecule has 7 aromatic carbocycles. The number of aromatic nitrogens is 5. The van der Waals surface area contributed by atoms with Crippen LogP contribution >= 0.6 is 23.0 Å². The van der Waals surface area contributed by atoms with Gasteiger partial charge in [0.05, 0.1) is 22.1 Å². The number of benzene rings is 7. The third-order valence-electron chi connectivity index (χ3n) is 9.80. The second-order valence-corrected chi connectivity index (χ2v) is 20.8. The van der Waals surface area contributed by atoms with Crippen molar-refractivity contribution in [2.24, 2.45) is 13.5 Å². The third kappa shape index (κ3) is 8.94. The minimum Gasteiger partial charge on any atom is -0.413 e. The summed E-state index contributed by atoms with van der Waals surface area (Å²) in [6.45, 7) is 0. The van der Waals surface area contributed by atoms with E-state index >= 15 is 0 Å². The average Bonchev–Trinajstić information content (AvgIpc) is 3.98. The standard InChI is InChI=1S/C49H37N8O6P3/c1-6-20-36(21-7-1)58-64(59-37-22-8-2-9-23-37)55-65(60-38-24-10-3-11-25-38,61-39-26-12-4-13-27-39)57-66(56-64,62-40-28-14-5-15-29-40)63-41-34-46(48-51-42-30-16-17-31-43(42)52-48)50-47(35-41)49-53-44-32-18-19-33-45(44)54-49/h1-35H,(H,51,52)(H,53,54). The first-order chi connectivity index (χ1) is 32.5. The van der Waals surface area contributed by atoms with Crippen LogP contribution in [-0.4, -0.2) is 24.9 Å². The topological polar surface area (TPSA) is 163 Å². The van der Waals surface area contributed by atoms with Crippen LogP contribution in [0.3, 0.4) is 0 Å². The normalized spacial score (nSPS) is 15.9. The van der Waals surface area contributed by atoms with Gasteiger partial charge in [-0.3, -0.25) is 0 Å². The third-order valence-corrected chi connectivity index (χ3v) is 17.9. The Bertz CT molecular complexity index is 3150. The fraction of sp³-hybridized carbons (Fsp3) is 0. The molecule has 14 nitrogen and oxygen atoms in total. The molecule has 3 aromatic heterocycles. The van der Waals surface area contributed by atoms with Gasteiger partial charge in [-0.05, 0) is 84.9 Å². The first kappa shape index (κ1) is 40.9. The zero-order valence-electron chi connectivity index (χ0n) is 34.7. The molecule has 1 aliphatic heterocycles. The van der Waals surface area contributed by atoms with Crippen molar-refractivity contribution in [1.29, 1.82) is 0 Å². The summed E-state index contributed by atoms with van der Waals surface area (Å²) in [5, 5.41) is 0. The number of rotatable bonds is 14. The molecule has 0 saturated heterocycles. The van der Waals surface area contributed by atoms with Crippen LogP contribution in [0.15, 0.2) is 226 Å². The van der Waals surface area contributed by atoms with Crippen molar-refractivity contribution in [2.45, 2.75) is 0 Å². The highest BCUT2D eigenvalue weighted by atomic mass is 31.3. The fourth-order valence-corrected chi connectivity index (χ4v) is 16.0. The number of H-pyrrole nitrogens is 2. The van der Waals surface area contributed by atoms with Crippen molar-refractivity contribution in [1.82, 2.24) is 24.9 Å². The van der Waals surface area contributed by atoms with Gasteiger partial charge in [0.25, 0.3) is 0 Å². The maximum absolute atomic E-state index is 7.29. The molecule has 1 unspecified atom stereocenters. The molecule has 10 aromatic rings. The Kier molecular flexibility index (Phi) is 10.9. The molecular weight excluding hydrogens is 890 g/mol. The number of hydrogen-bond acceptors (Lipinski definition) is 12. The second kappa shape index (κ2) is 17.6. The van der Waals surface area contributed by atoms with Crippen LogP contribution in [0.1, 0.15) is 0 Å². The first-order valence-corrected chi connectivity index (χ1v) is 25.3. The lowest BCUT2D eigenvalue weighted by Crippen LogP contribution is -2.11. The van der Waals surface area contributed by atoms with Gasteiger partial charge < -0.3 is 37.1 Å². The molecule has 0 spiro atoms. The lowest BCUT2D eigenvalue weighted by atomic mass is 10.2. The Labute approximate surface area is 379 Å². The van der Waals surface area contributed by atoms with E-state index in [1.807, 2.05) is 140 Å². The number of imidazole rings is 2. The van der Waals surface area contributed by atoms with Gasteiger partial charge in [-0.15, -0.1) is 0 Å². The van der Waals surface area contributed by atoms with Crippen molar-refractivity contribution >= 4 is 45.0 Å². The summed E-state index contributed by atoms with van der Waals surface area (Å²) in [7, 11) is -12.4. The van der Waals surface area contributed by atoms with Gasteiger partial charge >= 0.3 is 23.0 Å². The van der Waals surface area contributed by atoms with Gasteiger partial charge in [0, 0.05) is 12.1 Å². The molecule has 0 amide bonds. The highest BCUT2D eigenvalue weighted by Crippen LogP contribution is 2.78. The van der Waals surface area contributed by atoms with Crippen LogP contribution in [0.2, 0.25) is 0 Å². The Morgan fingerprint density at radius 1 is 0.288 bits per heavy atom. The molecule has 1 atom stereocenters. The lowest BCUT2D eigenvalue weighted by Gasteiger charge is -2.33. The summed E-state index contributed by atoms with van der Waals surface area (Å²) in [4.78, 5) is 21.7. The Balaban J connectivity index is 1.20. The summed E-state index contributed by atoms with van der Waals surface area (Å²) in [5.74, 6) is 3.27.